The van der Waals surface area contributed by atoms with Crippen LogP contribution < -0.4 is 19.6 Å². The number of fused-ring (bicyclic) bond motifs is 48. The topological polar surface area (TPSA) is 64.5 Å². The van der Waals surface area contributed by atoms with Crippen molar-refractivity contribution in [2.75, 3.05) is 19.6 Å². The second kappa shape index (κ2) is 28.5. The maximum absolute atomic E-state index is 4.88. The lowest BCUT2D eigenvalue weighted by atomic mass is 9.82. The van der Waals surface area contributed by atoms with Gasteiger partial charge in [-0.3, -0.25) is 19.9 Å². The van der Waals surface area contributed by atoms with Gasteiger partial charge in [0.1, 0.15) is 5.82 Å². The fourth-order valence-electron chi connectivity index (χ4n) is 28.7. The molecule has 8 heteroatoms. The van der Waals surface area contributed by atoms with Gasteiger partial charge in [-0.15, -0.1) is 0 Å². The number of aromatic nitrogens is 4. The quantitative estimate of drug-likeness (QED) is 0.149. The van der Waals surface area contributed by atoms with Crippen LogP contribution in [0.15, 0.2) is 340 Å². The first-order valence-corrected chi connectivity index (χ1v) is 50.3. The standard InChI is InChI=1S/4C33H22N2/c1-3-9-25-19(6-1)14-21-11-12-22-17-26-27(31(22)30(21)25)18-24-15-23-8-5-13-34-33(23)35-29-10-4-2-7-20(29)16-28(26)32(24)35;1-3-8-24-19(6-1)14-21-11-12-22-16-25-26(32(22)31(21)24)17-23-18-28-30(10-5-13-34-28)35-29-9-4-2-7-20(29)15-27(25)33(23)35;1-3-7-25-19(5-1)13-22-9-10-23-16-26-27(32(23)31(22)25)17-24-14-21-11-12-34-18-30(21)35-29-8-4-2-6-20(29)15-28(26)33(24)35;1-3-7-25-19(5-1)13-21-9-10-22-16-26-27(32(22)31(21)25)17-23-14-24-18-34-12-11-30(24)35-29-8-4-2-6-20(29)15-28(26)33(23)35/h1-13,18H,14-17H2;1-13,17H,14-16,18H2;2*1-12,17-18H,13-16H2. The van der Waals surface area contributed by atoms with Crippen LogP contribution in [0.2, 0.25) is 0 Å². The fraction of sp³-hybridized carbons (Fsp3) is 0.121. The van der Waals surface area contributed by atoms with E-state index in [1.54, 1.807) is 0 Å². The molecule has 0 saturated carbocycles. The molecule has 656 valence electrons. The number of para-hydroxylation sites is 4. The largest absolute Gasteiger partial charge is 0.309 e. The first kappa shape index (κ1) is 76.5. The van der Waals surface area contributed by atoms with E-state index in [1.807, 2.05) is 24.8 Å². The number of anilines is 12. The van der Waals surface area contributed by atoms with Crippen molar-refractivity contribution in [3.05, 3.63) is 519 Å². The van der Waals surface area contributed by atoms with Crippen molar-refractivity contribution in [2.45, 2.75) is 103 Å². The molecule has 0 saturated heterocycles. The summed E-state index contributed by atoms with van der Waals surface area (Å²) >= 11 is 0. The number of benzene rings is 16. The van der Waals surface area contributed by atoms with Gasteiger partial charge in [0, 0.05) is 99.4 Å². The molecule has 0 bridgehead atoms. The van der Waals surface area contributed by atoms with E-state index in [0.717, 1.165) is 109 Å². The Kier molecular flexibility index (Phi) is 15.6. The lowest BCUT2D eigenvalue weighted by Crippen LogP contribution is -2.26. The predicted octanol–water partition coefficient (Wildman–Crippen LogP) is 30.0. The zero-order valence-electron chi connectivity index (χ0n) is 77.2. The zero-order chi connectivity index (χ0) is 90.7. The molecule has 8 aliphatic heterocycles. The average Bonchev–Trinajstić information content (AvgIpc) is 1.30. The lowest BCUT2D eigenvalue weighted by Gasteiger charge is -2.40. The predicted molar refractivity (Wildman–Crippen MR) is 564 cm³/mol. The Morgan fingerprint density at radius 1 is 0.157 bits per heavy atom. The lowest BCUT2D eigenvalue weighted by molar-refractivity contribution is 0.961. The van der Waals surface area contributed by atoms with Crippen LogP contribution in [0.1, 0.15) is 178 Å². The fourth-order valence-corrected chi connectivity index (χ4v) is 28.7. The van der Waals surface area contributed by atoms with E-state index in [0.29, 0.717) is 0 Å². The second-order valence-electron chi connectivity index (χ2n) is 41.4. The summed E-state index contributed by atoms with van der Waals surface area (Å²) in [4.78, 5) is 28.7. The van der Waals surface area contributed by atoms with Crippen LogP contribution in [0, 0.1) is 0 Å². The molecular formula is C132H88N8. The Hall–Kier alpha value is -16.7. The third-order valence-electron chi connectivity index (χ3n) is 34.3. The SMILES string of the molecule is c1ccc2c(c1)Cc1ccc3c(c1-2)-c1cc2c4c(c1C3)Cc1ccccc1N4c1cccnc1C2.c1ccc2c(c1)Cc1ccc3c(c1-2)-c1cc2c4c(c1C3)Cc1ccccc1N4c1ccncc1C2.c1ccc2c(c1)Cc1ccc3c(c1-2)-c1cc2c4c(c1C3)Cc1ccccc1N4c1cnccc1C2.c1ccc2c(c1)Cc1ccc3c(c1-2)-c1cc2c4c(c1C3)Cc1ccccc1N4c1ncccc1C2. The van der Waals surface area contributed by atoms with E-state index in [4.69, 9.17) is 9.97 Å². The van der Waals surface area contributed by atoms with Crippen molar-refractivity contribution in [2.24, 2.45) is 0 Å². The molecule has 0 fully saturated rings. The van der Waals surface area contributed by atoms with Gasteiger partial charge in [-0.2, -0.15) is 0 Å². The molecule has 8 aliphatic carbocycles. The molecule has 36 rings (SSSR count). The van der Waals surface area contributed by atoms with Crippen LogP contribution in [0.4, 0.5) is 68.4 Å². The molecule has 16 aliphatic rings. The van der Waals surface area contributed by atoms with E-state index in [2.05, 4.69) is 345 Å². The van der Waals surface area contributed by atoms with E-state index in [1.165, 1.54) is 330 Å². The molecule has 0 radical (unpaired) electrons. The molecular weight excluding hydrogens is 1700 g/mol. The van der Waals surface area contributed by atoms with E-state index >= 15 is 0 Å². The monoisotopic (exact) mass is 1780 g/mol. The van der Waals surface area contributed by atoms with Gasteiger partial charge in [0.2, 0.25) is 0 Å². The molecule has 12 heterocycles. The van der Waals surface area contributed by atoms with Gasteiger partial charge in [0.25, 0.3) is 0 Å². The van der Waals surface area contributed by atoms with E-state index < -0.39 is 0 Å². The van der Waals surface area contributed by atoms with Crippen molar-refractivity contribution in [3.63, 3.8) is 0 Å². The highest BCUT2D eigenvalue weighted by atomic mass is 15.2. The first-order chi connectivity index (χ1) is 69.4. The zero-order valence-corrected chi connectivity index (χ0v) is 77.2. The Morgan fingerprint density at radius 3 is 0.857 bits per heavy atom. The Labute approximate surface area is 812 Å². The van der Waals surface area contributed by atoms with Crippen molar-refractivity contribution in [3.8, 4) is 89.0 Å². The molecule has 0 atom stereocenters. The number of rotatable bonds is 0. The summed E-state index contributed by atoms with van der Waals surface area (Å²) in [5.74, 6) is 1.10. The highest BCUT2D eigenvalue weighted by Gasteiger charge is 2.46. The summed E-state index contributed by atoms with van der Waals surface area (Å²) in [5, 5.41) is 0. The Morgan fingerprint density at radius 2 is 0.429 bits per heavy atom. The molecule has 20 aromatic rings. The minimum absolute atomic E-state index is 0.894. The van der Waals surface area contributed by atoms with Crippen LogP contribution >= 0.6 is 0 Å². The molecule has 4 aromatic heterocycles. The third-order valence-corrected chi connectivity index (χ3v) is 34.3. The van der Waals surface area contributed by atoms with Gasteiger partial charge in [-0.25, -0.2) is 4.98 Å². The average molecular weight is 1790 g/mol. The molecule has 0 unspecified atom stereocenters. The molecule has 16 aromatic carbocycles. The summed E-state index contributed by atoms with van der Waals surface area (Å²) in [6, 6.07) is 114. The van der Waals surface area contributed by atoms with Crippen molar-refractivity contribution >= 4 is 68.4 Å². The van der Waals surface area contributed by atoms with Crippen molar-refractivity contribution < 1.29 is 0 Å². The minimum atomic E-state index is 0.894. The molecule has 0 N–H and O–H groups in total. The molecule has 0 amide bonds. The number of hydrogen-bond donors (Lipinski definition) is 0. The molecule has 0 spiro atoms. The summed E-state index contributed by atoms with van der Waals surface area (Å²) in [6.45, 7) is 0. The summed E-state index contributed by atoms with van der Waals surface area (Å²) in [5.41, 5.74) is 84.4. The summed E-state index contributed by atoms with van der Waals surface area (Å²) in [7, 11) is 0. The minimum Gasteiger partial charge on any atom is -0.309 e. The number of pyridine rings is 4. The van der Waals surface area contributed by atoms with Crippen LogP contribution in [-0.2, 0) is 103 Å². The van der Waals surface area contributed by atoms with Crippen LogP contribution in [0.25, 0.3) is 89.0 Å². The second-order valence-corrected chi connectivity index (χ2v) is 41.4. The number of hydrogen-bond acceptors (Lipinski definition) is 8. The Bertz CT molecular complexity index is 8040. The summed E-state index contributed by atoms with van der Waals surface area (Å²) < 4.78 is 0. The van der Waals surface area contributed by atoms with Crippen LogP contribution in [0.3, 0.4) is 0 Å². The smallest absolute Gasteiger partial charge is 0.141 e. The van der Waals surface area contributed by atoms with Crippen LogP contribution in [-0.4, -0.2) is 19.9 Å². The Balaban J connectivity index is 0.0000000829. The van der Waals surface area contributed by atoms with E-state index in [-0.39, 0.29) is 0 Å². The van der Waals surface area contributed by atoms with Gasteiger partial charge < -0.3 is 14.7 Å². The first-order valence-electron chi connectivity index (χ1n) is 50.3. The van der Waals surface area contributed by atoms with Gasteiger partial charge >= 0.3 is 0 Å². The molecule has 140 heavy (non-hydrogen) atoms. The van der Waals surface area contributed by atoms with Gasteiger partial charge in [-0.1, -0.05) is 224 Å². The highest BCUT2D eigenvalue weighted by Crippen LogP contribution is 2.64. The van der Waals surface area contributed by atoms with Gasteiger partial charge in [0.05, 0.1) is 57.4 Å². The highest BCUT2D eigenvalue weighted by molar-refractivity contribution is 6.06. The maximum atomic E-state index is 4.88. The normalized spacial score (nSPS) is 14.9. The van der Waals surface area contributed by atoms with Crippen LogP contribution in [0.5, 0.6) is 0 Å². The van der Waals surface area contributed by atoms with Gasteiger partial charge in [-0.05, 0) is 392 Å². The summed E-state index contributed by atoms with van der Waals surface area (Å²) in [6.07, 6.45) is 27.9. The van der Waals surface area contributed by atoms with E-state index in [9.17, 15) is 0 Å². The third kappa shape index (κ3) is 10.6. The number of nitrogens with zero attached hydrogens (tertiary/aromatic N) is 8. The van der Waals surface area contributed by atoms with Crippen molar-refractivity contribution in [1.29, 1.82) is 0 Å². The maximum Gasteiger partial charge on any atom is 0.141 e. The molecule has 8 nitrogen and oxygen atoms in total. The van der Waals surface area contributed by atoms with Gasteiger partial charge in [0.15, 0.2) is 0 Å². The van der Waals surface area contributed by atoms with Crippen molar-refractivity contribution in [1.82, 2.24) is 19.9 Å².